The van der Waals surface area contributed by atoms with E-state index in [2.05, 4.69) is 4.99 Å². The van der Waals surface area contributed by atoms with Crippen molar-refractivity contribution in [2.75, 3.05) is 0 Å². The van der Waals surface area contributed by atoms with Crippen molar-refractivity contribution in [2.45, 2.75) is 25.4 Å². The summed E-state index contributed by atoms with van der Waals surface area (Å²) >= 11 is 0. The van der Waals surface area contributed by atoms with E-state index in [0.29, 0.717) is 0 Å². The topological polar surface area (TPSA) is 12.4 Å². The highest BCUT2D eigenvalue weighted by Crippen LogP contribution is 2.40. The van der Waals surface area contributed by atoms with Gasteiger partial charge in [-0.3, -0.25) is 4.99 Å². The van der Waals surface area contributed by atoms with Crippen LogP contribution >= 0.6 is 0 Å². The highest BCUT2D eigenvalue weighted by molar-refractivity contribution is 6.10. The van der Waals surface area contributed by atoms with E-state index in [9.17, 15) is 13.2 Å². The van der Waals surface area contributed by atoms with E-state index in [1.165, 1.54) is 18.2 Å². The van der Waals surface area contributed by atoms with Gasteiger partial charge in [0, 0.05) is 5.41 Å². The molecule has 2 aromatic rings. The second-order valence-corrected chi connectivity index (χ2v) is 6.06. The maximum atomic E-state index is 13.1. The fraction of sp³-hybridized carbons (Fsp3) is 0.211. The second-order valence-electron chi connectivity index (χ2n) is 6.06. The van der Waals surface area contributed by atoms with Crippen LogP contribution < -0.4 is 0 Å². The molecule has 2 aromatic carbocycles. The Bertz CT molecular complexity index is 798. The lowest BCUT2D eigenvalue weighted by molar-refractivity contribution is -0.137. The summed E-state index contributed by atoms with van der Waals surface area (Å²) < 4.78 is 39.2. The summed E-state index contributed by atoms with van der Waals surface area (Å²) in [5.41, 5.74) is 1.92. The molecule has 1 nitrogen and oxygen atoms in total. The molecule has 0 saturated carbocycles. The van der Waals surface area contributed by atoms with Crippen molar-refractivity contribution in [1.29, 1.82) is 0 Å². The number of alkyl halides is 3. The van der Waals surface area contributed by atoms with Gasteiger partial charge in [0.2, 0.25) is 0 Å². The highest BCUT2D eigenvalue weighted by atomic mass is 19.4. The molecule has 0 unspecified atom stereocenters. The molecule has 118 valence electrons. The molecule has 0 aromatic heterocycles. The van der Waals surface area contributed by atoms with Crippen LogP contribution in [0.5, 0.6) is 0 Å². The predicted octanol–water partition coefficient (Wildman–Crippen LogP) is 5.78. The summed E-state index contributed by atoms with van der Waals surface area (Å²) in [6.07, 6.45) is -1.18. The summed E-state index contributed by atoms with van der Waals surface area (Å²) in [5.74, 6) is 0. The molecule has 1 heterocycles. The SMILES string of the molecule is CC1(C)C(/C=C/c2ccccc2C(F)(F)F)=Nc2ccccc21. The number of benzene rings is 2. The molecule has 0 radical (unpaired) electrons. The minimum absolute atomic E-state index is 0.148. The van der Waals surface area contributed by atoms with Crippen LogP contribution in [0.25, 0.3) is 6.08 Å². The molecule has 0 aliphatic carbocycles. The summed E-state index contributed by atoms with van der Waals surface area (Å²) in [4.78, 5) is 4.56. The van der Waals surface area contributed by atoms with Gasteiger partial charge in [-0.1, -0.05) is 56.3 Å². The minimum atomic E-state index is -4.36. The van der Waals surface area contributed by atoms with Crippen LogP contribution in [-0.2, 0) is 11.6 Å². The Labute approximate surface area is 133 Å². The van der Waals surface area contributed by atoms with Crippen molar-refractivity contribution in [3.63, 3.8) is 0 Å². The van der Waals surface area contributed by atoms with Crippen molar-refractivity contribution in [3.8, 4) is 0 Å². The third kappa shape index (κ3) is 2.81. The van der Waals surface area contributed by atoms with E-state index in [4.69, 9.17) is 0 Å². The lowest BCUT2D eigenvalue weighted by Gasteiger charge is -2.20. The van der Waals surface area contributed by atoms with Crippen LogP contribution in [-0.4, -0.2) is 5.71 Å². The fourth-order valence-electron chi connectivity index (χ4n) is 2.82. The predicted molar refractivity (Wildman–Crippen MR) is 87.0 cm³/mol. The van der Waals surface area contributed by atoms with Crippen LogP contribution in [0.3, 0.4) is 0 Å². The number of halogens is 3. The lowest BCUT2D eigenvalue weighted by atomic mass is 9.81. The maximum Gasteiger partial charge on any atom is 0.416 e. The first-order chi connectivity index (χ1) is 10.8. The molecule has 0 N–H and O–H groups in total. The molecule has 0 bridgehead atoms. The fourth-order valence-corrected chi connectivity index (χ4v) is 2.82. The van der Waals surface area contributed by atoms with Gasteiger partial charge in [-0.2, -0.15) is 13.2 Å². The number of aliphatic imine (C=N–C) groups is 1. The minimum Gasteiger partial charge on any atom is -0.252 e. The first-order valence-corrected chi connectivity index (χ1v) is 7.33. The van der Waals surface area contributed by atoms with Gasteiger partial charge < -0.3 is 0 Å². The van der Waals surface area contributed by atoms with Gasteiger partial charge in [-0.05, 0) is 29.3 Å². The normalized spacial score (nSPS) is 16.5. The van der Waals surface area contributed by atoms with Gasteiger partial charge in [0.1, 0.15) is 0 Å². The Balaban J connectivity index is 1.97. The molecule has 3 rings (SSSR count). The number of allylic oxidation sites excluding steroid dienone is 1. The van der Waals surface area contributed by atoms with Crippen LogP contribution in [0.4, 0.5) is 18.9 Å². The summed E-state index contributed by atoms with van der Waals surface area (Å²) in [6.45, 7) is 4.05. The third-order valence-corrected chi connectivity index (χ3v) is 4.15. The van der Waals surface area contributed by atoms with E-state index in [0.717, 1.165) is 23.0 Å². The quantitative estimate of drug-likeness (QED) is 0.666. The molecule has 23 heavy (non-hydrogen) atoms. The lowest BCUT2D eigenvalue weighted by Crippen LogP contribution is -2.23. The van der Waals surface area contributed by atoms with Gasteiger partial charge in [-0.25, -0.2) is 0 Å². The Morgan fingerprint density at radius 1 is 0.913 bits per heavy atom. The van der Waals surface area contributed by atoms with Gasteiger partial charge in [0.25, 0.3) is 0 Å². The van der Waals surface area contributed by atoms with Crippen molar-refractivity contribution < 1.29 is 13.2 Å². The Morgan fingerprint density at radius 2 is 1.57 bits per heavy atom. The summed E-state index contributed by atoms with van der Waals surface area (Å²) in [5, 5.41) is 0. The van der Waals surface area contributed by atoms with Crippen molar-refractivity contribution >= 4 is 17.5 Å². The smallest absolute Gasteiger partial charge is 0.252 e. The van der Waals surface area contributed by atoms with Gasteiger partial charge in [-0.15, -0.1) is 0 Å². The van der Waals surface area contributed by atoms with Crippen molar-refractivity contribution in [2.24, 2.45) is 4.99 Å². The largest absolute Gasteiger partial charge is 0.416 e. The Morgan fingerprint density at radius 3 is 2.26 bits per heavy atom. The number of hydrogen-bond donors (Lipinski definition) is 0. The third-order valence-electron chi connectivity index (χ3n) is 4.15. The number of para-hydroxylation sites is 1. The molecular formula is C19H16F3N. The monoisotopic (exact) mass is 315 g/mol. The Kier molecular flexibility index (Phi) is 3.63. The highest BCUT2D eigenvalue weighted by Gasteiger charge is 2.34. The Hall–Kier alpha value is -2.36. The summed E-state index contributed by atoms with van der Waals surface area (Å²) in [7, 11) is 0. The van der Waals surface area contributed by atoms with Crippen LogP contribution in [0.15, 0.2) is 59.6 Å². The van der Waals surface area contributed by atoms with E-state index in [-0.39, 0.29) is 11.0 Å². The molecule has 0 spiro atoms. The van der Waals surface area contributed by atoms with Crippen LogP contribution in [0, 0.1) is 0 Å². The molecular weight excluding hydrogens is 299 g/mol. The number of hydrogen-bond acceptors (Lipinski definition) is 1. The zero-order chi connectivity index (χ0) is 16.7. The average molecular weight is 315 g/mol. The number of nitrogens with zero attached hydrogens (tertiary/aromatic N) is 1. The standard InChI is InChI=1S/C19H16F3N/c1-18(2)15-9-5-6-10-16(15)23-17(18)12-11-13-7-3-4-8-14(13)19(20,21)22/h3-12H,1-2H3/b12-11+. The van der Waals surface area contributed by atoms with Gasteiger partial charge in [0.15, 0.2) is 0 Å². The molecule has 4 heteroatoms. The molecule has 0 atom stereocenters. The van der Waals surface area contributed by atoms with Gasteiger partial charge in [0.05, 0.1) is 17.0 Å². The average Bonchev–Trinajstić information content (AvgIpc) is 2.76. The number of rotatable bonds is 2. The van der Waals surface area contributed by atoms with E-state index in [1.54, 1.807) is 12.1 Å². The zero-order valence-electron chi connectivity index (χ0n) is 12.9. The first-order valence-electron chi connectivity index (χ1n) is 7.33. The van der Waals surface area contributed by atoms with E-state index in [1.807, 2.05) is 38.1 Å². The van der Waals surface area contributed by atoms with Crippen molar-refractivity contribution in [1.82, 2.24) is 0 Å². The number of fused-ring (bicyclic) bond motifs is 1. The van der Waals surface area contributed by atoms with E-state index < -0.39 is 11.7 Å². The molecule has 0 saturated heterocycles. The molecule has 1 aliphatic heterocycles. The maximum absolute atomic E-state index is 13.1. The molecule has 0 fully saturated rings. The zero-order valence-corrected chi connectivity index (χ0v) is 12.9. The van der Waals surface area contributed by atoms with Crippen LogP contribution in [0.2, 0.25) is 0 Å². The molecule has 1 aliphatic rings. The van der Waals surface area contributed by atoms with E-state index >= 15 is 0 Å². The van der Waals surface area contributed by atoms with Crippen LogP contribution in [0.1, 0.15) is 30.5 Å². The second kappa shape index (κ2) is 5.37. The van der Waals surface area contributed by atoms with Gasteiger partial charge >= 0.3 is 6.18 Å². The first kappa shape index (κ1) is 15.5. The van der Waals surface area contributed by atoms with Crippen molar-refractivity contribution in [3.05, 3.63) is 71.3 Å². The summed E-state index contributed by atoms with van der Waals surface area (Å²) in [6, 6.07) is 13.3. The molecule has 0 amide bonds.